The highest BCUT2D eigenvalue weighted by atomic mass is 35.5. The molecule has 190 valence electrons. The van der Waals surface area contributed by atoms with Crippen LogP contribution in [0.5, 0.6) is 0 Å². The normalized spacial score (nSPS) is 11.5. The summed E-state index contributed by atoms with van der Waals surface area (Å²) in [5.74, 6) is 0.217. The van der Waals surface area contributed by atoms with Crippen molar-refractivity contribution in [2.24, 2.45) is 5.41 Å². The van der Waals surface area contributed by atoms with E-state index in [2.05, 4.69) is 10.3 Å². The number of carbonyl (C=O) groups is 2. The number of halogens is 2. The van der Waals surface area contributed by atoms with Gasteiger partial charge in [0.05, 0.1) is 10.7 Å². The Morgan fingerprint density at radius 1 is 1.00 bits per heavy atom. The topological polar surface area (TPSA) is 59.1 Å². The number of fused-ring (bicyclic) bond motifs is 1. The van der Waals surface area contributed by atoms with Gasteiger partial charge < -0.3 is 5.32 Å². The van der Waals surface area contributed by atoms with E-state index in [4.69, 9.17) is 11.6 Å². The predicted octanol–water partition coefficient (Wildman–Crippen LogP) is 8.05. The second-order valence-electron chi connectivity index (χ2n) is 10.4. The molecule has 0 aliphatic rings. The Morgan fingerprint density at radius 2 is 1.78 bits per heavy atom. The summed E-state index contributed by atoms with van der Waals surface area (Å²) in [6.07, 6.45) is 2.75. The van der Waals surface area contributed by atoms with E-state index in [0.29, 0.717) is 34.9 Å². The van der Waals surface area contributed by atoms with E-state index in [1.807, 2.05) is 64.1 Å². The van der Waals surface area contributed by atoms with Crippen molar-refractivity contribution >= 4 is 45.4 Å². The van der Waals surface area contributed by atoms with E-state index >= 15 is 0 Å². The fourth-order valence-corrected chi connectivity index (χ4v) is 4.44. The Bertz CT molecular complexity index is 1490. The molecule has 0 unspecified atom stereocenters. The Balaban J connectivity index is 1.58. The standard InChI is InChI=1S/C31H30ClFN2O2/c1-19-8-12-27(26(33)16-19)35-30-23-7-5-6-21(22(23)14-15-34-30)18-28(36)24-17-20(9-11-25(24)32)10-13-29(37)31(2,3)4/h5-9,11-12,14-17H,10,13,18H2,1-4H3,(H,34,35). The highest BCUT2D eigenvalue weighted by Crippen LogP contribution is 2.30. The first-order valence-corrected chi connectivity index (χ1v) is 12.7. The molecule has 0 aliphatic carbocycles. The van der Waals surface area contributed by atoms with Gasteiger partial charge in [0.2, 0.25) is 0 Å². The number of benzene rings is 3. The van der Waals surface area contributed by atoms with Crippen molar-refractivity contribution in [3.63, 3.8) is 0 Å². The van der Waals surface area contributed by atoms with Crippen molar-refractivity contribution in [2.45, 2.75) is 47.0 Å². The summed E-state index contributed by atoms with van der Waals surface area (Å²) < 4.78 is 14.4. The van der Waals surface area contributed by atoms with Crippen LogP contribution in [0.15, 0.2) is 66.9 Å². The quantitative estimate of drug-likeness (QED) is 0.241. The molecule has 0 radical (unpaired) electrons. The van der Waals surface area contributed by atoms with Gasteiger partial charge >= 0.3 is 0 Å². The average Bonchev–Trinajstić information content (AvgIpc) is 2.84. The number of nitrogens with one attached hydrogen (secondary N) is 1. The molecule has 0 fully saturated rings. The van der Waals surface area contributed by atoms with E-state index in [1.54, 1.807) is 24.4 Å². The Hall–Kier alpha value is -3.57. The zero-order chi connectivity index (χ0) is 26.7. The van der Waals surface area contributed by atoms with Gasteiger partial charge in [-0.15, -0.1) is 0 Å². The maximum atomic E-state index is 14.4. The van der Waals surface area contributed by atoms with Crippen LogP contribution in [-0.4, -0.2) is 16.6 Å². The maximum absolute atomic E-state index is 14.4. The van der Waals surface area contributed by atoms with Crippen molar-refractivity contribution in [1.82, 2.24) is 4.98 Å². The van der Waals surface area contributed by atoms with Gasteiger partial charge in [0.15, 0.2) is 5.78 Å². The van der Waals surface area contributed by atoms with Crippen LogP contribution < -0.4 is 5.32 Å². The number of hydrogen-bond donors (Lipinski definition) is 1. The second kappa shape index (κ2) is 10.8. The third-order valence-corrected chi connectivity index (χ3v) is 6.76. The molecule has 1 aromatic heterocycles. The van der Waals surface area contributed by atoms with Crippen LogP contribution >= 0.6 is 11.6 Å². The number of Topliss-reactive ketones (excluding diaryl/α,β-unsaturated/α-hetero) is 2. The van der Waals surface area contributed by atoms with Crippen LogP contribution in [0.1, 0.15) is 54.2 Å². The first-order chi connectivity index (χ1) is 17.5. The number of nitrogens with zero attached hydrogens (tertiary/aromatic N) is 1. The molecular weight excluding hydrogens is 487 g/mol. The van der Waals surface area contributed by atoms with Gasteiger partial charge in [0, 0.05) is 35.4 Å². The highest BCUT2D eigenvalue weighted by Gasteiger charge is 2.21. The zero-order valence-electron chi connectivity index (χ0n) is 21.5. The lowest BCUT2D eigenvalue weighted by molar-refractivity contribution is -0.126. The molecule has 4 nitrogen and oxygen atoms in total. The molecule has 0 saturated carbocycles. The predicted molar refractivity (Wildman–Crippen MR) is 148 cm³/mol. The lowest BCUT2D eigenvalue weighted by atomic mass is 9.87. The molecule has 1 N–H and O–H groups in total. The summed E-state index contributed by atoms with van der Waals surface area (Å²) in [5, 5.41) is 5.11. The minimum absolute atomic E-state index is 0.114. The van der Waals surface area contributed by atoms with Crippen molar-refractivity contribution in [1.29, 1.82) is 0 Å². The molecule has 37 heavy (non-hydrogen) atoms. The summed E-state index contributed by atoms with van der Waals surface area (Å²) in [4.78, 5) is 30.1. The molecule has 0 spiro atoms. The molecule has 0 bridgehead atoms. The Kier molecular flexibility index (Phi) is 7.74. The average molecular weight is 517 g/mol. The summed E-state index contributed by atoms with van der Waals surface area (Å²) in [6.45, 7) is 7.55. The van der Waals surface area contributed by atoms with Crippen molar-refractivity contribution in [3.8, 4) is 0 Å². The van der Waals surface area contributed by atoms with Gasteiger partial charge in [-0.2, -0.15) is 0 Å². The van der Waals surface area contributed by atoms with Crippen LogP contribution in [0.4, 0.5) is 15.9 Å². The minimum Gasteiger partial charge on any atom is -0.337 e. The molecule has 4 rings (SSSR count). The van der Waals surface area contributed by atoms with Crippen LogP contribution in [0, 0.1) is 18.2 Å². The number of carbonyl (C=O) groups excluding carboxylic acids is 2. The van der Waals surface area contributed by atoms with Crippen LogP contribution in [0.2, 0.25) is 5.02 Å². The van der Waals surface area contributed by atoms with E-state index in [0.717, 1.165) is 27.5 Å². The maximum Gasteiger partial charge on any atom is 0.168 e. The van der Waals surface area contributed by atoms with Gasteiger partial charge in [0.1, 0.15) is 17.4 Å². The van der Waals surface area contributed by atoms with E-state index in [1.165, 1.54) is 6.07 Å². The molecular formula is C31H30ClFN2O2. The van der Waals surface area contributed by atoms with Crippen molar-refractivity contribution in [2.75, 3.05) is 5.32 Å². The zero-order valence-corrected chi connectivity index (χ0v) is 22.2. The number of aryl methyl sites for hydroxylation is 2. The fourth-order valence-electron chi connectivity index (χ4n) is 4.22. The minimum atomic E-state index is -0.396. The SMILES string of the molecule is Cc1ccc(Nc2nccc3c(CC(=O)c4cc(CCC(=O)C(C)(C)C)ccc4Cl)cccc23)c(F)c1. The van der Waals surface area contributed by atoms with Crippen molar-refractivity contribution < 1.29 is 14.0 Å². The number of pyridine rings is 1. The molecule has 6 heteroatoms. The molecule has 0 saturated heterocycles. The number of hydrogen-bond acceptors (Lipinski definition) is 4. The summed E-state index contributed by atoms with van der Waals surface area (Å²) in [5.41, 5.74) is 2.93. The van der Waals surface area contributed by atoms with Crippen LogP contribution in [0.25, 0.3) is 10.8 Å². The van der Waals surface area contributed by atoms with Gasteiger partial charge in [-0.25, -0.2) is 9.37 Å². The molecule has 4 aromatic rings. The van der Waals surface area contributed by atoms with E-state index < -0.39 is 5.41 Å². The molecule has 0 atom stereocenters. The first kappa shape index (κ1) is 26.5. The lowest BCUT2D eigenvalue weighted by Crippen LogP contribution is -2.20. The van der Waals surface area contributed by atoms with E-state index in [9.17, 15) is 14.0 Å². The Labute approximate surface area is 221 Å². The van der Waals surface area contributed by atoms with Crippen molar-refractivity contribution in [3.05, 3.63) is 100.0 Å². The largest absolute Gasteiger partial charge is 0.337 e. The number of aromatic nitrogens is 1. The van der Waals surface area contributed by atoms with Gasteiger partial charge in [0.25, 0.3) is 0 Å². The number of ketones is 2. The smallest absolute Gasteiger partial charge is 0.168 e. The van der Waals surface area contributed by atoms with Crippen LogP contribution in [-0.2, 0) is 17.6 Å². The van der Waals surface area contributed by atoms with Gasteiger partial charge in [-0.1, -0.05) is 62.7 Å². The summed E-state index contributed by atoms with van der Waals surface area (Å²) in [6, 6.07) is 17.9. The van der Waals surface area contributed by atoms with Crippen LogP contribution in [0.3, 0.4) is 0 Å². The highest BCUT2D eigenvalue weighted by molar-refractivity contribution is 6.34. The Morgan fingerprint density at radius 3 is 2.51 bits per heavy atom. The molecule has 0 aliphatic heterocycles. The molecule has 3 aromatic carbocycles. The monoisotopic (exact) mass is 516 g/mol. The number of anilines is 2. The molecule has 0 amide bonds. The summed E-state index contributed by atoms with van der Waals surface area (Å²) in [7, 11) is 0. The van der Waals surface area contributed by atoms with Gasteiger partial charge in [-0.05, 0) is 65.8 Å². The number of rotatable bonds is 8. The second-order valence-corrected chi connectivity index (χ2v) is 10.8. The summed E-state index contributed by atoms with van der Waals surface area (Å²) >= 11 is 6.41. The first-order valence-electron chi connectivity index (χ1n) is 12.3. The third-order valence-electron chi connectivity index (χ3n) is 6.43. The fraction of sp³-hybridized carbons (Fsp3) is 0.258. The van der Waals surface area contributed by atoms with Gasteiger partial charge in [-0.3, -0.25) is 9.59 Å². The van der Waals surface area contributed by atoms with E-state index in [-0.39, 0.29) is 23.8 Å². The third kappa shape index (κ3) is 6.23. The molecule has 1 heterocycles. The lowest BCUT2D eigenvalue weighted by Gasteiger charge is -2.16.